The Morgan fingerprint density at radius 1 is 1.06 bits per heavy atom. The number of hydrogen-bond acceptors (Lipinski definition) is 7. The Bertz CT molecular complexity index is 1850. The van der Waals surface area contributed by atoms with Crippen molar-refractivity contribution < 1.29 is 24.2 Å². The van der Waals surface area contributed by atoms with Gasteiger partial charge in [0.1, 0.15) is 17.6 Å². The summed E-state index contributed by atoms with van der Waals surface area (Å²) in [5.41, 5.74) is 2.18. The zero-order chi connectivity index (χ0) is 34.5. The normalized spacial score (nSPS) is 21.3. The van der Waals surface area contributed by atoms with E-state index in [1.807, 2.05) is 48.9 Å². The fourth-order valence-electron chi connectivity index (χ4n) is 6.84. The van der Waals surface area contributed by atoms with Crippen LogP contribution in [0.15, 0.2) is 59.7 Å². The lowest BCUT2D eigenvalue weighted by Gasteiger charge is -2.26. The third kappa shape index (κ3) is 8.05. The first-order valence-electron chi connectivity index (χ1n) is 17.2. The molecule has 4 aromatic rings. The van der Waals surface area contributed by atoms with Gasteiger partial charge >= 0.3 is 5.69 Å². The average molecular weight is 672 g/mol. The predicted molar refractivity (Wildman–Crippen MR) is 184 cm³/mol. The molecule has 3 amide bonds. The molecule has 1 atom stereocenters. The molecular formula is C36H45N7O6. The number of aliphatic hydroxyl groups is 1. The molecule has 1 saturated carbocycles. The lowest BCUT2D eigenvalue weighted by atomic mass is 9.93. The van der Waals surface area contributed by atoms with E-state index in [0.29, 0.717) is 80.6 Å². The molecular weight excluding hydrogens is 626 g/mol. The number of benzene rings is 2. The summed E-state index contributed by atoms with van der Waals surface area (Å²) in [6.07, 6.45) is 6.78. The second-order valence-electron chi connectivity index (χ2n) is 13.4. The Kier molecular flexibility index (Phi) is 10.5. The van der Waals surface area contributed by atoms with Crippen LogP contribution in [-0.2, 0) is 16.1 Å². The number of carbonyl (C=O) groups excluding carboxylic acids is 3. The number of fused-ring (bicyclic) bond motifs is 5. The number of carbonyl (C=O) groups is 3. The Morgan fingerprint density at radius 2 is 1.88 bits per heavy atom. The van der Waals surface area contributed by atoms with Gasteiger partial charge in [-0.25, -0.2) is 9.78 Å². The van der Waals surface area contributed by atoms with Crippen LogP contribution >= 0.6 is 0 Å². The van der Waals surface area contributed by atoms with Crippen LogP contribution in [0.3, 0.4) is 0 Å². The highest BCUT2D eigenvalue weighted by Crippen LogP contribution is 2.30. The maximum Gasteiger partial charge on any atom is 0.326 e. The van der Waals surface area contributed by atoms with Crippen LogP contribution in [0.25, 0.3) is 22.4 Å². The van der Waals surface area contributed by atoms with Gasteiger partial charge in [0.2, 0.25) is 11.8 Å². The average Bonchev–Trinajstić information content (AvgIpc) is 3.68. The minimum atomic E-state index is -0.771. The second-order valence-corrected chi connectivity index (χ2v) is 13.4. The maximum absolute atomic E-state index is 14.0. The standard InChI is InChI=1S/C36H45N7O6/c1-23(2)19-30-34(46)38-14-17-41-16-13-37-33(41)24-5-3-6-28(20-24)49-18-4-15-42(22-32(45)39-30)35(47)25-7-12-31-29(21-25)40-36(48)43(31)26-8-10-27(44)11-9-26/h3,5-7,12-13,16,20-21,23,26-27,30,44H,4,8-11,14-15,17-19,22H2,1-2H3,(H,38,46)(H,39,45)(H,40,48)/t26?,27?,30-/m1/s1. The molecule has 260 valence electrons. The van der Waals surface area contributed by atoms with Gasteiger partial charge in [-0.3, -0.25) is 19.0 Å². The fourth-order valence-corrected chi connectivity index (χ4v) is 6.84. The number of ether oxygens (including phenoxy) is 1. The van der Waals surface area contributed by atoms with Crippen LogP contribution in [0.4, 0.5) is 0 Å². The zero-order valence-corrected chi connectivity index (χ0v) is 28.1. The van der Waals surface area contributed by atoms with Crippen LogP contribution in [0.5, 0.6) is 5.75 Å². The van der Waals surface area contributed by atoms with Gasteiger partial charge in [0.25, 0.3) is 5.91 Å². The van der Waals surface area contributed by atoms with Crippen molar-refractivity contribution in [3.8, 4) is 17.1 Å². The topological polar surface area (TPSA) is 164 Å². The van der Waals surface area contributed by atoms with E-state index < -0.39 is 11.9 Å². The van der Waals surface area contributed by atoms with Crippen molar-refractivity contribution in [1.82, 2.24) is 34.6 Å². The van der Waals surface area contributed by atoms with E-state index in [-0.39, 0.29) is 48.7 Å². The molecule has 13 heteroatoms. The zero-order valence-electron chi connectivity index (χ0n) is 28.1. The van der Waals surface area contributed by atoms with Gasteiger partial charge in [0.15, 0.2) is 0 Å². The quantitative estimate of drug-likeness (QED) is 0.259. The lowest BCUT2D eigenvalue weighted by Crippen LogP contribution is -2.51. The summed E-state index contributed by atoms with van der Waals surface area (Å²) in [6, 6.07) is 11.9. The summed E-state index contributed by atoms with van der Waals surface area (Å²) in [5, 5.41) is 15.8. The van der Waals surface area contributed by atoms with Crippen molar-refractivity contribution in [2.75, 3.05) is 26.2 Å². The maximum atomic E-state index is 14.0. The molecule has 1 fully saturated rings. The van der Waals surface area contributed by atoms with Crippen LogP contribution in [-0.4, -0.2) is 85.2 Å². The molecule has 2 bridgehead atoms. The number of hydrogen-bond donors (Lipinski definition) is 4. The van der Waals surface area contributed by atoms with Crippen LogP contribution < -0.4 is 21.1 Å². The third-order valence-corrected chi connectivity index (χ3v) is 9.28. The molecule has 0 spiro atoms. The Hall–Kier alpha value is -4.91. The molecule has 49 heavy (non-hydrogen) atoms. The van der Waals surface area contributed by atoms with Gasteiger partial charge in [0, 0.05) is 49.2 Å². The number of nitrogens with one attached hydrogen (secondary N) is 3. The minimum absolute atomic E-state index is 0.0288. The van der Waals surface area contributed by atoms with Crippen LogP contribution in [0.1, 0.15) is 68.8 Å². The Balaban J connectivity index is 1.25. The van der Waals surface area contributed by atoms with Crippen molar-refractivity contribution in [3.05, 3.63) is 70.9 Å². The number of H-pyrrole nitrogens is 1. The van der Waals surface area contributed by atoms with Gasteiger partial charge in [-0.05, 0) is 74.8 Å². The van der Waals surface area contributed by atoms with Gasteiger partial charge in [0.05, 0.1) is 30.3 Å². The van der Waals surface area contributed by atoms with Crippen molar-refractivity contribution >= 4 is 28.8 Å². The number of amides is 3. The number of aliphatic hydroxyl groups excluding tert-OH is 1. The number of imidazole rings is 2. The van der Waals surface area contributed by atoms with E-state index in [9.17, 15) is 24.3 Å². The molecule has 1 aliphatic carbocycles. The first-order valence-corrected chi connectivity index (χ1v) is 17.2. The minimum Gasteiger partial charge on any atom is -0.494 e. The molecule has 0 saturated heterocycles. The Labute approximate surface area is 284 Å². The van der Waals surface area contributed by atoms with Crippen LogP contribution in [0, 0.1) is 5.92 Å². The molecule has 3 heterocycles. The van der Waals surface area contributed by atoms with E-state index in [2.05, 4.69) is 20.6 Å². The molecule has 6 rings (SSSR count). The van der Waals surface area contributed by atoms with E-state index in [4.69, 9.17) is 4.74 Å². The van der Waals surface area contributed by atoms with E-state index in [1.54, 1.807) is 29.0 Å². The Morgan fingerprint density at radius 3 is 2.67 bits per heavy atom. The molecule has 0 unspecified atom stereocenters. The van der Waals surface area contributed by atoms with E-state index in [1.165, 1.54) is 4.90 Å². The van der Waals surface area contributed by atoms with E-state index >= 15 is 0 Å². The highest BCUT2D eigenvalue weighted by Gasteiger charge is 2.27. The monoisotopic (exact) mass is 671 g/mol. The molecule has 1 aliphatic heterocycles. The molecule has 4 N–H and O–H groups in total. The predicted octanol–water partition coefficient (Wildman–Crippen LogP) is 3.24. The molecule has 2 aliphatic rings. The van der Waals surface area contributed by atoms with Crippen LogP contribution in [0.2, 0.25) is 0 Å². The van der Waals surface area contributed by atoms with Crippen molar-refractivity contribution in [2.45, 2.75) is 77.1 Å². The molecule has 13 nitrogen and oxygen atoms in total. The van der Waals surface area contributed by atoms with E-state index in [0.717, 1.165) is 11.4 Å². The number of aromatic nitrogens is 4. The van der Waals surface area contributed by atoms with Gasteiger partial charge in [-0.15, -0.1) is 0 Å². The highest BCUT2D eigenvalue weighted by atomic mass is 16.5. The third-order valence-electron chi connectivity index (χ3n) is 9.28. The molecule has 2 aromatic heterocycles. The number of nitrogens with zero attached hydrogens (tertiary/aromatic N) is 4. The second kappa shape index (κ2) is 15.1. The summed E-state index contributed by atoms with van der Waals surface area (Å²) in [6.45, 7) is 5.05. The first-order chi connectivity index (χ1) is 23.7. The van der Waals surface area contributed by atoms with Crippen molar-refractivity contribution in [2.24, 2.45) is 5.92 Å². The van der Waals surface area contributed by atoms with Crippen molar-refractivity contribution in [3.63, 3.8) is 0 Å². The van der Waals surface area contributed by atoms with Gasteiger partial charge in [-0.1, -0.05) is 26.0 Å². The molecule has 0 radical (unpaired) electrons. The van der Waals surface area contributed by atoms with Gasteiger partial charge < -0.3 is 34.9 Å². The summed E-state index contributed by atoms with van der Waals surface area (Å²) < 4.78 is 9.75. The smallest absolute Gasteiger partial charge is 0.326 e. The van der Waals surface area contributed by atoms with Gasteiger partial charge in [-0.2, -0.15) is 0 Å². The van der Waals surface area contributed by atoms with Crippen molar-refractivity contribution in [1.29, 1.82) is 0 Å². The number of rotatable bonds is 4. The highest BCUT2D eigenvalue weighted by molar-refractivity contribution is 5.99. The summed E-state index contributed by atoms with van der Waals surface area (Å²) >= 11 is 0. The summed E-state index contributed by atoms with van der Waals surface area (Å²) in [7, 11) is 0. The SMILES string of the molecule is CC(C)C[C@H]1NC(=O)CN(C(=O)c2ccc3c(c2)[nH]c(=O)n3C2CCC(O)CC2)CCCOc2cccc(c2)-c2nccn2CCNC1=O. The lowest BCUT2D eigenvalue weighted by molar-refractivity contribution is -0.129. The largest absolute Gasteiger partial charge is 0.494 e. The summed E-state index contributed by atoms with van der Waals surface area (Å²) in [4.78, 5) is 62.6. The number of aromatic amines is 1. The fraction of sp³-hybridized carbons (Fsp3) is 0.472. The summed E-state index contributed by atoms with van der Waals surface area (Å²) in [5.74, 6) is 0.428. The molecule has 2 aromatic carbocycles. The first kappa shape index (κ1) is 34.0.